The van der Waals surface area contributed by atoms with Crippen LogP contribution in [0, 0.1) is 6.92 Å². The van der Waals surface area contributed by atoms with Crippen LogP contribution in [0.1, 0.15) is 34.1 Å². The number of nitrogens with zero attached hydrogens (tertiary/aromatic N) is 2. The number of carbonyl (C=O) groups is 2. The third-order valence-electron chi connectivity index (χ3n) is 5.54. The Kier molecular flexibility index (Phi) is 7.91. The number of hydrogen-bond acceptors (Lipinski definition) is 7. The summed E-state index contributed by atoms with van der Waals surface area (Å²) in [5.74, 6) is -0.993. The molecule has 1 N–H and O–H groups in total. The minimum atomic E-state index is -4.60. The zero-order valence-electron chi connectivity index (χ0n) is 20.9. The molecule has 2 aromatic heterocycles. The molecule has 0 aliphatic carbocycles. The van der Waals surface area contributed by atoms with Gasteiger partial charge in [-0.1, -0.05) is 17.7 Å². The second-order valence-corrected chi connectivity index (χ2v) is 8.75. The Morgan fingerprint density at radius 2 is 1.92 bits per heavy atom. The molecule has 39 heavy (non-hydrogen) atoms. The van der Waals surface area contributed by atoms with Crippen LogP contribution < -0.4 is 15.6 Å². The molecule has 0 saturated carbocycles. The second-order valence-electron chi connectivity index (χ2n) is 8.32. The van der Waals surface area contributed by atoms with Crippen molar-refractivity contribution in [1.82, 2.24) is 4.98 Å². The molecule has 0 aliphatic heterocycles. The smallest absolute Gasteiger partial charge is 0.416 e. The van der Waals surface area contributed by atoms with Crippen molar-refractivity contribution < 1.29 is 36.7 Å². The maximum absolute atomic E-state index is 13.4. The zero-order chi connectivity index (χ0) is 28.3. The Morgan fingerprint density at radius 1 is 1.15 bits per heavy atom. The summed E-state index contributed by atoms with van der Waals surface area (Å²) in [7, 11) is 1.43. The molecule has 12 heteroatoms. The number of fused-ring (bicyclic) bond motifs is 1. The van der Waals surface area contributed by atoms with Gasteiger partial charge in [0.2, 0.25) is 5.55 Å². The Hall–Kier alpha value is -4.38. The normalized spacial score (nSPS) is 11.9. The first-order valence-electron chi connectivity index (χ1n) is 11.4. The summed E-state index contributed by atoms with van der Waals surface area (Å²) >= 11 is 6.13. The monoisotopic (exact) mass is 559 g/mol. The summed E-state index contributed by atoms with van der Waals surface area (Å²) in [6.07, 6.45) is -3.12. The lowest BCUT2D eigenvalue weighted by Crippen LogP contribution is -2.22. The quantitative estimate of drug-likeness (QED) is 0.276. The van der Waals surface area contributed by atoms with E-state index in [2.05, 4.69) is 15.3 Å². The maximum Gasteiger partial charge on any atom is 0.416 e. The largest absolute Gasteiger partial charge is 0.494 e. The number of pyridine rings is 1. The number of esters is 1. The van der Waals surface area contributed by atoms with Crippen molar-refractivity contribution in [3.63, 3.8) is 0 Å². The Labute approximate surface area is 225 Å². The van der Waals surface area contributed by atoms with Gasteiger partial charge in [-0.05, 0) is 49.4 Å². The lowest BCUT2D eigenvalue weighted by Gasteiger charge is -2.12. The fraction of sp³-hybridized carbons (Fsp3) is 0.185. The highest BCUT2D eigenvalue weighted by Crippen LogP contribution is 2.32. The Bertz CT molecular complexity index is 1650. The summed E-state index contributed by atoms with van der Waals surface area (Å²) in [5.41, 5.74) is 0.0804. The highest BCUT2D eigenvalue weighted by atomic mass is 35.5. The van der Waals surface area contributed by atoms with Crippen LogP contribution in [0.5, 0.6) is 5.75 Å². The van der Waals surface area contributed by atoms with Gasteiger partial charge in [-0.2, -0.15) is 13.2 Å². The number of ether oxygens (including phenoxy) is 2. The van der Waals surface area contributed by atoms with Gasteiger partial charge in [0.25, 0.3) is 5.91 Å². The number of halogens is 4. The average molecular weight is 560 g/mol. The van der Waals surface area contributed by atoms with E-state index in [4.69, 9.17) is 25.5 Å². The highest BCUT2D eigenvalue weighted by molar-refractivity contribution is 6.30. The average Bonchev–Trinajstić information content (AvgIpc) is 2.88. The van der Waals surface area contributed by atoms with Crippen LogP contribution in [-0.4, -0.2) is 24.0 Å². The van der Waals surface area contributed by atoms with Crippen LogP contribution in [0.4, 0.5) is 24.5 Å². The van der Waals surface area contributed by atoms with Crippen LogP contribution in [0.3, 0.4) is 0 Å². The van der Waals surface area contributed by atoms with E-state index in [1.165, 1.54) is 44.5 Å². The number of methoxy groups -OCH3 is 1. The van der Waals surface area contributed by atoms with Crippen LogP contribution in [0.15, 0.2) is 64.1 Å². The lowest BCUT2D eigenvalue weighted by molar-refractivity contribution is -0.142. The van der Waals surface area contributed by atoms with Crippen LogP contribution in [-0.2, 0) is 22.3 Å². The lowest BCUT2D eigenvalue weighted by atomic mass is 10.1. The van der Waals surface area contributed by atoms with Gasteiger partial charge in [-0.15, -0.1) is 0 Å². The number of aromatic nitrogens is 1. The van der Waals surface area contributed by atoms with E-state index in [0.717, 1.165) is 12.1 Å². The Morgan fingerprint density at radius 3 is 2.62 bits per heavy atom. The van der Waals surface area contributed by atoms with Crippen LogP contribution >= 0.6 is 11.6 Å². The predicted octanol–water partition coefficient (Wildman–Crippen LogP) is 6.36. The zero-order valence-corrected chi connectivity index (χ0v) is 21.6. The van der Waals surface area contributed by atoms with Gasteiger partial charge in [-0.25, -0.2) is 4.99 Å². The molecule has 0 saturated heterocycles. The molecule has 0 unspecified atom stereocenters. The number of amides is 1. The number of hydrogen-bond donors (Lipinski definition) is 1. The topological polar surface area (TPSA) is 103 Å². The molecule has 1 amide bonds. The first kappa shape index (κ1) is 27.6. The van der Waals surface area contributed by atoms with Gasteiger partial charge in [0, 0.05) is 34.8 Å². The van der Waals surface area contributed by atoms with E-state index in [0.29, 0.717) is 27.4 Å². The van der Waals surface area contributed by atoms with Crippen LogP contribution in [0.25, 0.3) is 11.0 Å². The number of carbonyl (C=O) groups excluding carboxylic acids is 2. The number of anilines is 1. The molecular weight excluding hydrogens is 539 g/mol. The van der Waals surface area contributed by atoms with Gasteiger partial charge in [-0.3, -0.25) is 14.6 Å². The first-order valence-corrected chi connectivity index (χ1v) is 11.8. The number of rotatable bonds is 6. The Balaban J connectivity index is 1.93. The van der Waals surface area contributed by atoms with Gasteiger partial charge in [0.1, 0.15) is 23.6 Å². The van der Waals surface area contributed by atoms with Crippen molar-refractivity contribution >= 4 is 45.8 Å². The number of aryl methyl sites for hydroxylation is 1. The van der Waals surface area contributed by atoms with Gasteiger partial charge < -0.3 is 19.2 Å². The van der Waals surface area contributed by atoms with Crippen molar-refractivity contribution in [2.24, 2.45) is 4.99 Å². The molecule has 0 spiro atoms. The molecule has 0 radical (unpaired) electrons. The van der Waals surface area contributed by atoms with Crippen molar-refractivity contribution in [2.45, 2.75) is 26.6 Å². The third kappa shape index (κ3) is 6.37. The molecule has 202 valence electrons. The molecule has 2 aromatic carbocycles. The molecular formula is C27H21ClF3N3O5. The second kappa shape index (κ2) is 11.2. The van der Waals surface area contributed by atoms with E-state index in [9.17, 15) is 22.8 Å². The standard InChI is InChI=1S/C27H21ClF3N3O5/c1-14-24-20(16(12-32-14)13-38-15(2)35)11-21(25(36)33-19-6-4-5-17(9-19)27(29,30)31)26(39-24)34-22-10-18(28)7-8-23(22)37-3/h4-12H,13H2,1-3H3,(H,33,36). The SMILES string of the molecule is COc1ccc(Cl)cc1N=c1oc2c(C)ncc(COC(C)=O)c2cc1C(=O)Nc1cccc(C(F)(F)F)c1. The number of benzene rings is 2. The van der Waals surface area contributed by atoms with E-state index in [1.807, 2.05) is 0 Å². The predicted molar refractivity (Wildman–Crippen MR) is 137 cm³/mol. The summed E-state index contributed by atoms with van der Waals surface area (Å²) in [6.45, 7) is 2.77. The first-order chi connectivity index (χ1) is 18.5. The van der Waals surface area contributed by atoms with Crippen molar-refractivity contribution in [1.29, 1.82) is 0 Å². The molecule has 2 heterocycles. The number of alkyl halides is 3. The van der Waals surface area contributed by atoms with Crippen molar-refractivity contribution in [2.75, 3.05) is 12.4 Å². The maximum atomic E-state index is 13.4. The molecule has 4 aromatic rings. The summed E-state index contributed by atoms with van der Waals surface area (Å²) in [6, 6.07) is 10.3. The van der Waals surface area contributed by atoms with Gasteiger partial charge >= 0.3 is 12.1 Å². The molecule has 0 fully saturated rings. The fourth-order valence-corrected chi connectivity index (χ4v) is 3.83. The fourth-order valence-electron chi connectivity index (χ4n) is 3.66. The molecule has 4 rings (SSSR count). The minimum Gasteiger partial charge on any atom is -0.494 e. The highest BCUT2D eigenvalue weighted by Gasteiger charge is 2.30. The van der Waals surface area contributed by atoms with E-state index >= 15 is 0 Å². The van der Waals surface area contributed by atoms with Crippen molar-refractivity contribution in [3.8, 4) is 5.75 Å². The van der Waals surface area contributed by atoms with Gasteiger partial charge in [0.15, 0.2) is 5.58 Å². The van der Waals surface area contributed by atoms with Gasteiger partial charge in [0.05, 0.1) is 18.4 Å². The number of nitrogens with one attached hydrogen (secondary N) is 1. The third-order valence-corrected chi connectivity index (χ3v) is 5.77. The van der Waals surface area contributed by atoms with E-state index in [-0.39, 0.29) is 34.7 Å². The summed E-state index contributed by atoms with van der Waals surface area (Å²) < 4.78 is 56.1. The van der Waals surface area contributed by atoms with E-state index < -0.39 is 23.6 Å². The van der Waals surface area contributed by atoms with E-state index in [1.54, 1.807) is 19.1 Å². The molecule has 0 bridgehead atoms. The molecule has 0 atom stereocenters. The summed E-state index contributed by atoms with van der Waals surface area (Å²) in [5, 5.41) is 3.21. The van der Waals surface area contributed by atoms with Crippen molar-refractivity contribution in [3.05, 3.63) is 87.7 Å². The molecule has 8 nitrogen and oxygen atoms in total. The minimum absolute atomic E-state index is 0.0905. The summed E-state index contributed by atoms with van der Waals surface area (Å²) in [4.78, 5) is 33.6. The molecule has 0 aliphatic rings. The van der Waals surface area contributed by atoms with Crippen LogP contribution in [0.2, 0.25) is 5.02 Å².